The van der Waals surface area contributed by atoms with E-state index in [0.717, 1.165) is 10.5 Å². The molecule has 24 heavy (non-hydrogen) atoms. The molecule has 1 aliphatic rings. The molecular weight excluding hydrogens is 308 g/mol. The highest BCUT2D eigenvalue weighted by Gasteiger charge is 2.48. The maximum absolute atomic E-state index is 12.6. The number of urea groups is 1. The van der Waals surface area contributed by atoms with Crippen LogP contribution in [0.1, 0.15) is 39.7 Å². The zero-order chi connectivity index (χ0) is 18.0. The Morgan fingerprint density at radius 2 is 1.83 bits per heavy atom. The zero-order valence-corrected chi connectivity index (χ0v) is 14.6. The van der Waals surface area contributed by atoms with Gasteiger partial charge in [0.2, 0.25) is 0 Å². The van der Waals surface area contributed by atoms with Gasteiger partial charge in [0.25, 0.3) is 5.91 Å². The van der Waals surface area contributed by atoms with Gasteiger partial charge in [-0.25, -0.2) is 4.79 Å². The van der Waals surface area contributed by atoms with Gasteiger partial charge in [0.05, 0.1) is 0 Å². The summed E-state index contributed by atoms with van der Waals surface area (Å²) in [5, 5.41) is 2.70. The summed E-state index contributed by atoms with van der Waals surface area (Å²) in [6.45, 7) is 6.52. The average Bonchev–Trinajstić information content (AvgIpc) is 2.68. The maximum atomic E-state index is 12.6. The minimum Gasteiger partial charge on any atom is -0.459 e. The van der Waals surface area contributed by atoms with Gasteiger partial charge < -0.3 is 10.1 Å². The van der Waals surface area contributed by atoms with E-state index in [4.69, 9.17) is 4.74 Å². The summed E-state index contributed by atoms with van der Waals surface area (Å²) in [7, 11) is 0. The van der Waals surface area contributed by atoms with Gasteiger partial charge in [0, 0.05) is 0 Å². The lowest BCUT2D eigenvalue weighted by Gasteiger charge is -2.23. The number of nitrogens with one attached hydrogen (secondary N) is 1. The lowest BCUT2D eigenvalue weighted by Crippen LogP contribution is -2.45. The molecule has 1 fully saturated rings. The minimum atomic E-state index is -1.01. The molecule has 1 saturated heterocycles. The smallest absolute Gasteiger partial charge is 0.326 e. The van der Waals surface area contributed by atoms with Crippen molar-refractivity contribution in [3.63, 3.8) is 0 Å². The van der Waals surface area contributed by atoms with E-state index in [0.29, 0.717) is 12.8 Å². The lowest BCUT2D eigenvalue weighted by atomic mass is 9.93. The Kier molecular flexibility index (Phi) is 4.96. The fourth-order valence-corrected chi connectivity index (χ4v) is 2.60. The number of carbonyl (C=O) groups excluding carboxylic acids is 3. The number of aryl methyl sites for hydroxylation is 1. The number of ether oxygens (including phenoxy) is 1. The molecule has 1 aliphatic heterocycles. The Morgan fingerprint density at radius 3 is 2.42 bits per heavy atom. The first-order valence-corrected chi connectivity index (χ1v) is 8.01. The first-order chi connectivity index (χ1) is 11.1. The van der Waals surface area contributed by atoms with Crippen molar-refractivity contribution in [1.29, 1.82) is 0 Å². The van der Waals surface area contributed by atoms with E-state index in [2.05, 4.69) is 5.32 Å². The standard InChI is InChI=1S/C18H24N2O4/c1-17(2,3)24-14(21)12-20-15(22)18(4,19-16(20)23)11-10-13-8-6-5-7-9-13/h5-9H,10-12H2,1-4H3,(H,19,23)/t18-/m0/s1. The monoisotopic (exact) mass is 332 g/mol. The molecule has 1 N–H and O–H groups in total. The number of amides is 3. The van der Waals surface area contributed by atoms with Gasteiger partial charge in [0.15, 0.2) is 0 Å². The van der Waals surface area contributed by atoms with Gasteiger partial charge in [-0.05, 0) is 46.1 Å². The summed E-state index contributed by atoms with van der Waals surface area (Å²) in [5.41, 5.74) is -0.576. The molecule has 0 saturated carbocycles. The van der Waals surface area contributed by atoms with Gasteiger partial charge in [-0.3, -0.25) is 14.5 Å². The third-order valence-electron chi connectivity index (χ3n) is 3.81. The van der Waals surface area contributed by atoms with Crippen molar-refractivity contribution >= 4 is 17.9 Å². The van der Waals surface area contributed by atoms with Crippen molar-refractivity contribution in [3.05, 3.63) is 35.9 Å². The van der Waals surface area contributed by atoms with Crippen LogP contribution in [0.3, 0.4) is 0 Å². The Labute approximate surface area is 142 Å². The Morgan fingerprint density at radius 1 is 1.21 bits per heavy atom. The average molecular weight is 332 g/mol. The number of esters is 1. The summed E-state index contributed by atoms with van der Waals surface area (Å²) in [6.07, 6.45) is 1.12. The number of hydrogen-bond acceptors (Lipinski definition) is 4. The number of hydrogen-bond donors (Lipinski definition) is 1. The predicted octanol–water partition coefficient (Wildman–Crippen LogP) is 2.27. The van der Waals surface area contributed by atoms with Crippen LogP contribution in [0.25, 0.3) is 0 Å². The van der Waals surface area contributed by atoms with Crippen molar-refractivity contribution in [2.45, 2.75) is 51.7 Å². The molecule has 0 unspecified atom stereocenters. The second kappa shape index (κ2) is 6.63. The summed E-state index contributed by atoms with van der Waals surface area (Å²) in [6, 6.07) is 9.19. The van der Waals surface area contributed by atoms with Crippen LogP contribution < -0.4 is 5.32 Å². The second-order valence-corrected chi connectivity index (χ2v) is 7.23. The molecule has 3 amide bonds. The van der Waals surface area contributed by atoms with Crippen LogP contribution in [-0.4, -0.2) is 40.5 Å². The molecule has 6 nitrogen and oxygen atoms in total. The van der Waals surface area contributed by atoms with Crippen molar-refractivity contribution in [2.75, 3.05) is 6.54 Å². The summed E-state index contributed by atoms with van der Waals surface area (Å²) in [4.78, 5) is 37.5. The van der Waals surface area contributed by atoms with Crippen molar-refractivity contribution < 1.29 is 19.1 Å². The van der Waals surface area contributed by atoms with Crippen LogP contribution >= 0.6 is 0 Å². The Bertz CT molecular complexity index is 636. The molecular formula is C18H24N2O4. The van der Waals surface area contributed by atoms with Crippen molar-refractivity contribution in [3.8, 4) is 0 Å². The molecule has 0 bridgehead atoms. The minimum absolute atomic E-state index is 0.372. The van der Waals surface area contributed by atoms with Crippen LogP contribution in [0.4, 0.5) is 4.79 Å². The van der Waals surface area contributed by atoms with Crippen LogP contribution in [-0.2, 0) is 20.7 Å². The Balaban J connectivity index is 2.00. The second-order valence-electron chi connectivity index (χ2n) is 7.23. The molecule has 6 heteroatoms. The van der Waals surface area contributed by atoms with Gasteiger partial charge in [-0.15, -0.1) is 0 Å². The number of benzene rings is 1. The fourth-order valence-electron chi connectivity index (χ4n) is 2.60. The van der Waals surface area contributed by atoms with Crippen molar-refractivity contribution in [2.24, 2.45) is 0 Å². The highest BCUT2D eigenvalue weighted by Crippen LogP contribution is 2.23. The zero-order valence-electron chi connectivity index (χ0n) is 14.6. The first kappa shape index (κ1) is 18.0. The Hall–Kier alpha value is -2.37. The highest BCUT2D eigenvalue weighted by atomic mass is 16.6. The number of imide groups is 1. The molecule has 1 aromatic carbocycles. The molecule has 1 aromatic rings. The van der Waals surface area contributed by atoms with E-state index in [-0.39, 0.29) is 6.54 Å². The summed E-state index contributed by atoms with van der Waals surface area (Å²) in [5.74, 6) is -0.993. The quantitative estimate of drug-likeness (QED) is 0.663. The van der Waals surface area contributed by atoms with E-state index in [1.54, 1.807) is 27.7 Å². The fraction of sp³-hybridized carbons (Fsp3) is 0.500. The molecule has 1 atom stereocenters. The topological polar surface area (TPSA) is 75.7 Å². The predicted molar refractivity (Wildman–Crippen MR) is 89.3 cm³/mol. The third kappa shape index (κ3) is 4.34. The third-order valence-corrected chi connectivity index (χ3v) is 3.81. The van der Waals surface area contributed by atoms with Crippen LogP contribution in [0.15, 0.2) is 30.3 Å². The van der Waals surface area contributed by atoms with Gasteiger partial charge >= 0.3 is 12.0 Å². The molecule has 0 aromatic heterocycles. The van der Waals surface area contributed by atoms with E-state index >= 15 is 0 Å². The number of rotatable bonds is 5. The van der Waals surface area contributed by atoms with E-state index in [1.807, 2.05) is 30.3 Å². The molecule has 1 heterocycles. The largest absolute Gasteiger partial charge is 0.459 e. The lowest BCUT2D eigenvalue weighted by molar-refractivity contribution is -0.157. The maximum Gasteiger partial charge on any atom is 0.326 e. The normalized spacial score (nSPS) is 20.9. The summed E-state index contributed by atoms with van der Waals surface area (Å²) >= 11 is 0. The van der Waals surface area contributed by atoms with Gasteiger partial charge in [0.1, 0.15) is 17.7 Å². The van der Waals surface area contributed by atoms with Crippen molar-refractivity contribution in [1.82, 2.24) is 10.2 Å². The molecule has 130 valence electrons. The first-order valence-electron chi connectivity index (χ1n) is 8.01. The molecule has 0 spiro atoms. The highest BCUT2D eigenvalue weighted by molar-refractivity contribution is 6.08. The van der Waals surface area contributed by atoms with E-state index in [9.17, 15) is 14.4 Å². The van der Waals surface area contributed by atoms with Gasteiger partial charge in [-0.1, -0.05) is 30.3 Å². The molecule has 2 rings (SSSR count). The summed E-state index contributed by atoms with van der Waals surface area (Å²) < 4.78 is 5.18. The van der Waals surface area contributed by atoms with Crippen LogP contribution in [0.5, 0.6) is 0 Å². The SMILES string of the molecule is CC(C)(C)OC(=O)CN1C(=O)N[C@@](C)(CCc2ccccc2)C1=O. The molecule has 0 radical (unpaired) electrons. The van der Waals surface area contributed by atoms with Gasteiger partial charge in [-0.2, -0.15) is 0 Å². The number of nitrogens with zero attached hydrogens (tertiary/aromatic N) is 1. The van der Waals surface area contributed by atoms with E-state index < -0.39 is 29.0 Å². The van der Waals surface area contributed by atoms with Crippen LogP contribution in [0, 0.1) is 0 Å². The molecule has 0 aliphatic carbocycles. The van der Waals surface area contributed by atoms with Crippen LogP contribution in [0.2, 0.25) is 0 Å². The van der Waals surface area contributed by atoms with E-state index in [1.165, 1.54) is 0 Å². The number of carbonyl (C=O) groups is 3.